The molecule has 0 bridgehead atoms. The smallest absolute Gasteiger partial charge is 0.308 e. The largest absolute Gasteiger partial charge is 0.481 e. The van der Waals surface area contributed by atoms with Gasteiger partial charge < -0.3 is 20.6 Å². The molecule has 2 unspecified atom stereocenters. The van der Waals surface area contributed by atoms with Gasteiger partial charge in [0, 0.05) is 18.3 Å². The first kappa shape index (κ1) is 14.6. The third-order valence-corrected chi connectivity index (χ3v) is 3.22. The molecule has 0 saturated carbocycles. The van der Waals surface area contributed by atoms with Crippen LogP contribution in [0.2, 0.25) is 0 Å². The molecule has 4 N–H and O–H groups in total. The van der Waals surface area contributed by atoms with Gasteiger partial charge in [-0.05, 0) is 17.0 Å². The summed E-state index contributed by atoms with van der Waals surface area (Å²) in [5.74, 6) is -1.24. The summed E-state index contributed by atoms with van der Waals surface area (Å²) in [5, 5.41) is 32.1. The molecule has 6 nitrogen and oxygen atoms in total. The third kappa shape index (κ3) is 4.44. The molecule has 1 amide bonds. The predicted octanol–water partition coefficient (Wildman–Crippen LogP) is -0.0944. The Kier molecular flexibility index (Phi) is 5.26. The van der Waals surface area contributed by atoms with Crippen LogP contribution in [-0.4, -0.2) is 39.8 Å². The SMILES string of the molecule is CC(=O)NCC(O)C(O)c1csc(CC(=O)O)c1. The molecule has 0 aliphatic carbocycles. The van der Waals surface area contributed by atoms with Crippen molar-refractivity contribution in [1.29, 1.82) is 0 Å². The molecule has 1 aromatic rings. The van der Waals surface area contributed by atoms with Gasteiger partial charge in [-0.1, -0.05) is 0 Å². The predicted molar refractivity (Wildman–Crippen MR) is 65.3 cm³/mol. The second-order valence-electron chi connectivity index (χ2n) is 3.87. The molecule has 0 aromatic carbocycles. The molecule has 0 fully saturated rings. The lowest BCUT2D eigenvalue weighted by Crippen LogP contribution is -2.34. The van der Waals surface area contributed by atoms with Crippen LogP contribution in [0, 0.1) is 0 Å². The highest BCUT2D eigenvalue weighted by atomic mass is 32.1. The fourth-order valence-corrected chi connectivity index (χ4v) is 2.28. The van der Waals surface area contributed by atoms with Gasteiger partial charge >= 0.3 is 5.97 Å². The molecule has 0 aliphatic rings. The maximum Gasteiger partial charge on any atom is 0.308 e. The molecule has 1 rings (SSSR count). The van der Waals surface area contributed by atoms with Crippen molar-refractivity contribution in [2.75, 3.05) is 6.54 Å². The van der Waals surface area contributed by atoms with Crippen molar-refractivity contribution >= 4 is 23.2 Å². The lowest BCUT2D eigenvalue weighted by molar-refractivity contribution is -0.136. The van der Waals surface area contributed by atoms with Gasteiger partial charge in [-0.3, -0.25) is 9.59 Å². The van der Waals surface area contributed by atoms with Crippen molar-refractivity contribution in [2.45, 2.75) is 25.6 Å². The van der Waals surface area contributed by atoms with Gasteiger partial charge in [0.25, 0.3) is 0 Å². The number of carboxylic acid groups (broad SMARTS) is 1. The molecule has 0 spiro atoms. The summed E-state index contributed by atoms with van der Waals surface area (Å²) >= 11 is 1.21. The maximum absolute atomic E-state index is 10.7. The van der Waals surface area contributed by atoms with Crippen LogP contribution in [0.1, 0.15) is 23.5 Å². The van der Waals surface area contributed by atoms with Gasteiger partial charge in [-0.15, -0.1) is 11.3 Å². The van der Waals surface area contributed by atoms with Gasteiger partial charge in [-0.25, -0.2) is 0 Å². The molecule has 0 saturated heterocycles. The van der Waals surface area contributed by atoms with Crippen LogP contribution < -0.4 is 5.32 Å². The summed E-state index contributed by atoms with van der Waals surface area (Å²) in [6, 6.07) is 1.54. The maximum atomic E-state index is 10.7. The Morgan fingerprint density at radius 2 is 2.11 bits per heavy atom. The van der Waals surface area contributed by atoms with E-state index in [4.69, 9.17) is 5.11 Å². The number of rotatable bonds is 6. The summed E-state index contributed by atoms with van der Waals surface area (Å²) in [4.78, 5) is 21.8. The number of aliphatic carboxylic acids is 1. The Labute approximate surface area is 108 Å². The molecule has 0 aliphatic heterocycles. The van der Waals surface area contributed by atoms with Gasteiger partial charge in [0.1, 0.15) is 12.2 Å². The second-order valence-corrected chi connectivity index (χ2v) is 4.86. The lowest BCUT2D eigenvalue weighted by atomic mass is 10.1. The molecular weight excluding hydrogens is 258 g/mol. The van der Waals surface area contributed by atoms with Crippen LogP contribution >= 0.6 is 11.3 Å². The number of carbonyl (C=O) groups is 2. The Bertz CT molecular complexity index is 431. The molecule has 7 heteroatoms. The van der Waals surface area contributed by atoms with Gasteiger partial charge in [0.2, 0.25) is 5.91 Å². The molecule has 2 atom stereocenters. The molecule has 0 radical (unpaired) electrons. The van der Waals surface area contributed by atoms with E-state index < -0.39 is 18.2 Å². The first-order valence-corrected chi connectivity index (χ1v) is 6.17. The Morgan fingerprint density at radius 1 is 1.44 bits per heavy atom. The number of hydrogen-bond acceptors (Lipinski definition) is 5. The highest BCUT2D eigenvalue weighted by Crippen LogP contribution is 2.23. The van der Waals surface area contributed by atoms with E-state index in [1.54, 1.807) is 11.4 Å². The van der Waals surface area contributed by atoms with Crippen molar-refractivity contribution in [3.05, 3.63) is 21.9 Å². The fourth-order valence-electron chi connectivity index (χ4n) is 1.38. The zero-order valence-corrected chi connectivity index (χ0v) is 10.6. The van der Waals surface area contributed by atoms with Crippen molar-refractivity contribution in [3.63, 3.8) is 0 Å². The van der Waals surface area contributed by atoms with E-state index in [9.17, 15) is 19.8 Å². The highest BCUT2D eigenvalue weighted by Gasteiger charge is 2.20. The molecule has 1 heterocycles. The quantitative estimate of drug-likeness (QED) is 0.579. The number of carboxylic acids is 1. The van der Waals surface area contributed by atoms with E-state index in [0.717, 1.165) is 0 Å². The van der Waals surface area contributed by atoms with Gasteiger partial charge in [0.05, 0.1) is 6.42 Å². The molecule has 18 heavy (non-hydrogen) atoms. The van der Waals surface area contributed by atoms with Crippen molar-refractivity contribution in [1.82, 2.24) is 5.32 Å². The number of thiophene rings is 1. The summed E-state index contributed by atoms with van der Waals surface area (Å²) in [6.45, 7) is 1.26. The molecule has 100 valence electrons. The van der Waals surface area contributed by atoms with Gasteiger partial charge in [-0.2, -0.15) is 0 Å². The third-order valence-electron chi connectivity index (χ3n) is 2.27. The average molecular weight is 273 g/mol. The summed E-state index contributed by atoms with van der Waals surface area (Å²) in [5.41, 5.74) is 0.453. The minimum atomic E-state index is -1.14. The minimum absolute atomic E-state index is 0.0549. The van der Waals surface area contributed by atoms with E-state index in [-0.39, 0.29) is 18.9 Å². The van der Waals surface area contributed by atoms with Crippen molar-refractivity contribution in [3.8, 4) is 0 Å². The minimum Gasteiger partial charge on any atom is -0.481 e. The first-order valence-electron chi connectivity index (χ1n) is 5.30. The lowest BCUT2D eigenvalue weighted by Gasteiger charge is -2.16. The zero-order chi connectivity index (χ0) is 13.7. The van der Waals surface area contributed by atoms with Gasteiger partial charge in [0.15, 0.2) is 0 Å². The summed E-state index contributed by atoms with van der Waals surface area (Å²) < 4.78 is 0. The van der Waals surface area contributed by atoms with E-state index in [1.807, 2.05) is 0 Å². The number of amides is 1. The number of carbonyl (C=O) groups excluding carboxylic acids is 1. The Morgan fingerprint density at radius 3 is 2.67 bits per heavy atom. The van der Waals surface area contributed by atoms with Crippen LogP contribution in [0.3, 0.4) is 0 Å². The number of nitrogens with one attached hydrogen (secondary N) is 1. The summed E-state index contributed by atoms with van der Waals surface area (Å²) in [6.07, 6.45) is -2.38. The Hall–Kier alpha value is -1.44. The average Bonchev–Trinajstić information content (AvgIpc) is 2.72. The second kappa shape index (κ2) is 6.48. The highest BCUT2D eigenvalue weighted by molar-refractivity contribution is 7.10. The standard InChI is InChI=1S/C11H15NO5S/c1-6(13)12-4-9(14)11(17)7-2-8(18-5-7)3-10(15)16/h2,5,9,11,14,17H,3-4H2,1H3,(H,12,13)(H,15,16). The van der Waals surface area contributed by atoms with Crippen molar-refractivity contribution in [2.24, 2.45) is 0 Å². The van der Waals surface area contributed by atoms with Crippen LogP contribution in [0.5, 0.6) is 0 Å². The number of aliphatic hydroxyl groups is 2. The van der Waals surface area contributed by atoms with Crippen molar-refractivity contribution < 1.29 is 24.9 Å². The van der Waals surface area contributed by atoms with E-state index in [1.165, 1.54) is 18.3 Å². The van der Waals surface area contributed by atoms with E-state index in [0.29, 0.717) is 10.4 Å². The normalized spacial score (nSPS) is 13.9. The Balaban J connectivity index is 2.59. The zero-order valence-electron chi connectivity index (χ0n) is 9.79. The van der Waals surface area contributed by atoms with E-state index in [2.05, 4.69) is 5.32 Å². The molecular formula is C11H15NO5S. The van der Waals surface area contributed by atoms with Crippen LogP contribution in [-0.2, 0) is 16.0 Å². The van der Waals surface area contributed by atoms with Crippen LogP contribution in [0.4, 0.5) is 0 Å². The van der Waals surface area contributed by atoms with Crippen LogP contribution in [0.25, 0.3) is 0 Å². The van der Waals surface area contributed by atoms with Crippen LogP contribution in [0.15, 0.2) is 11.4 Å². The summed E-state index contributed by atoms with van der Waals surface area (Å²) in [7, 11) is 0. The molecule has 1 aromatic heterocycles. The number of aliphatic hydroxyl groups excluding tert-OH is 2. The van der Waals surface area contributed by atoms with E-state index >= 15 is 0 Å². The first-order chi connectivity index (χ1) is 8.40. The monoisotopic (exact) mass is 273 g/mol. The fraction of sp³-hybridized carbons (Fsp3) is 0.455. The number of hydrogen-bond donors (Lipinski definition) is 4. The topological polar surface area (TPSA) is 107 Å².